The van der Waals surface area contributed by atoms with E-state index in [0.29, 0.717) is 5.69 Å². The van der Waals surface area contributed by atoms with E-state index in [1.165, 1.54) is 6.07 Å². The summed E-state index contributed by atoms with van der Waals surface area (Å²) in [6.45, 7) is 1.85. The van der Waals surface area contributed by atoms with E-state index in [1.54, 1.807) is 12.1 Å². The Hall–Kier alpha value is -2.43. The van der Waals surface area contributed by atoms with Crippen molar-refractivity contribution < 1.29 is 13.6 Å². The molecule has 2 rings (SSSR count). The Morgan fingerprint density at radius 3 is 2.50 bits per heavy atom. The average molecular weight is 276 g/mol. The zero-order valence-corrected chi connectivity index (χ0v) is 10.9. The Balaban J connectivity index is 2.37. The minimum atomic E-state index is -1.06. The van der Waals surface area contributed by atoms with Gasteiger partial charge >= 0.3 is 0 Å². The van der Waals surface area contributed by atoms with E-state index in [1.807, 2.05) is 19.1 Å². The van der Waals surface area contributed by atoms with E-state index in [9.17, 15) is 13.6 Å². The number of halogens is 2. The number of nitrogens with two attached hydrogens (primary N) is 1. The normalized spacial score (nSPS) is 11.9. The number of para-hydroxylation sites is 1. The average Bonchev–Trinajstić information content (AvgIpc) is 2.38. The predicted molar refractivity (Wildman–Crippen MR) is 73.1 cm³/mol. The molecule has 0 radical (unpaired) electrons. The molecule has 0 heterocycles. The molecule has 0 aliphatic rings. The molecule has 0 fully saturated rings. The summed E-state index contributed by atoms with van der Waals surface area (Å²) in [5, 5.41) is 2.89. The fourth-order valence-corrected chi connectivity index (χ4v) is 1.93. The molecule has 0 spiro atoms. The monoisotopic (exact) mass is 276 g/mol. The maximum atomic E-state index is 13.8. The van der Waals surface area contributed by atoms with Crippen LogP contribution in [0.5, 0.6) is 0 Å². The summed E-state index contributed by atoms with van der Waals surface area (Å²) in [6, 6.07) is 9.21. The van der Waals surface area contributed by atoms with Crippen LogP contribution in [-0.4, -0.2) is 5.91 Å². The number of rotatable bonds is 4. The minimum Gasteiger partial charge on any atom is -0.370 e. The van der Waals surface area contributed by atoms with Gasteiger partial charge in [0.1, 0.15) is 17.7 Å². The van der Waals surface area contributed by atoms with Gasteiger partial charge in [0.15, 0.2) is 0 Å². The molecule has 0 aliphatic carbocycles. The maximum absolute atomic E-state index is 13.8. The van der Waals surface area contributed by atoms with Crippen LogP contribution in [0.25, 0.3) is 0 Å². The second-order valence-electron chi connectivity index (χ2n) is 4.46. The predicted octanol–water partition coefficient (Wildman–Crippen LogP) is 2.91. The standard InChI is InChI=1S/C15H14F2N2O/c1-9-4-2-3-5-13(9)19-14(15(18)20)11-7-6-10(16)8-12(11)17/h2-8,14,19H,1H3,(H2,18,20). The molecule has 1 amide bonds. The molecule has 0 saturated carbocycles. The first-order valence-corrected chi connectivity index (χ1v) is 6.05. The first-order valence-electron chi connectivity index (χ1n) is 6.05. The second kappa shape index (κ2) is 5.69. The number of anilines is 1. The third-order valence-electron chi connectivity index (χ3n) is 3.00. The van der Waals surface area contributed by atoms with Gasteiger partial charge in [-0.2, -0.15) is 0 Å². The molecule has 1 unspecified atom stereocenters. The van der Waals surface area contributed by atoms with Crippen molar-refractivity contribution in [3.63, 3.8) is 0 Å². The molecule has 0 aliphatic heterocycles. The smallest absolute Gasteiger partial charge is 0.244 e. The van der Waals surface area contributed by atoms with Gasteiger partial charge in [-0.3, -0.25) is 4.79 Å². The van der Waals surface area contributed by atoms with E-state index in [0.717, 1.165) is 17.7 Å². The third-order valence-corrected chi connectivity index (χ3v) is 3.00. The molecular weight excluding hydrogens is 262 g/mol. The first kappa shape index (κ1) is 14.0. The SMILES string of the molecule is Cc1ccccc1NC(C(N)=O)c1ccc(F)cc1F. The van der Waals surface area contributed by atoms with Crippen LogP contribution in [0, 0.1) is 18.6 Å². The highest BCUT2D eigenvalue weighted by molar-refractivity contribution is 5.84. The molecule has 20 heavy (non-hydrogen) atoms. The van der Waals surface area contributed by atoms with Crippen LogP contribution >= 0.6 is 0 Å². The van der Waals surface area contributed by atoms with Gasteiger partial charge in [-0.15, -0.1) is 0 Å². The number of primary amides is 1. The van der Waals surface area contributed by atoms with Crippen molar-refractivity contribution in [3.05, 3.63) is 65.2 Å². The maximum Gasteiger partial charge on any atom is 0.244 e. The largest absolute Gasteiger partial charge is 0.370 e. The first-order chi connectivity index (χ1) is 9.49. The number of aryl methyl sites for hydroxylation is 1. The Morgan fingerprint density at radius 1 is 1.20 bits per heavy atom. The van der Waals surface area contributed by atoms with Gasteiger partial charge in [-0.25, -0.2) is 8.78 Å². The summed E-state index contributed by atoms with van der Waals surface area (Å²) in [5.41, 5.74) is 6.88. The third kappa shape index (κ3) is 2.93. The van der Waals surface area contributed by atoms with Gasteiger partial charge in [0.05, 0.1) is 0 Å². The van der Waals surface area contributed by atoms with Crippen LogP contribution < -0.4 is 11.1 Å². The van der Waals surface area contributed by atoms with Crippen molar-refractivity contribution in [2.24, 2.45) is 5.73 Å². The number of amides is 1. The van der Waals surface area contributed by atoms with Crippen molar-refractivity contribution >= 4 is 11.6 Å². The molecule has 3 N–H and O–H groups in total. The number of carbonyl (C=O) groups excluding carboxylic acids is 1. The van der Waals surface area contributed by atoms with Crippen LogP contribution in [-0.2, 0) is 4.79 Å². The van der Waals surface area contributed by atoms with Crippen molar-refractivity contribution in [2.45, 2.75) is 13.0 Å². The molecule has 5 heteroatoms. The highest BCUT2D eigenvalue weighted by Gasteiger charge is 2.22. The lowest BCUT2D eigenvalue weighted by Crippen LogP contribution is -2.28. The van der Waals surface area contributed by atoms with Crippen LogP contribution in [0.2, 0.25) is 0 Å². The summed E-state index contributed by atoms with van der Waals surface area (Å²) in [6.07, 6.45) is 0. The van der Waals surface area contributed by atoms with Crippen LogP contribution in [0.15, 0.2) is 42.5 Å². The number of hydrogen-bond donors (Lipinski definition) is 2. The Bertz CT molecular complexity index is 644. The lowest BCUT2D eigenvalue weighted by atomic mass is 10.0. The van der Waals surface area contributed by atoms with E-state index in [2.05, 4.69) is 5.32 Å². The van der Waals surface area contributed by atoms with Crippen molar-refractivity contribution in [1.29, 1.82) is 0 Å². The Kier molecular flexibility index (Phi) is 3.98. The quantitative estimate of drug-likeness (QED) is 0.902. The van der Waals surface area contributed by atoms with Gasteiger partial charge in [0, 0.05) is 17.3 Å². The van der Waals surface area contributed by atoms with E-state index < -0.39 is 23.6 Å². The Labute approximate surface area is 115 Å². The van der Waals surface area contributed by atoms with Gasteiger partial charge in [-0.1, -0.05) is 24.3 Å². The van der Waals surface area contributed by atoms with Crippen LogP contribution in [0.4, 0.5) is 14.5 Å². The zero-order chi connectivity index (χ0) is 14.7. The fraction of sp³-hybridized carbons (Fsp3) is 0.133. The van der Waals surface area contributed by atoms with Gasteiger partial charge < -0.3 is 11.1 Å². The van der Waals surface area contributed by atoms with Crippen molar-refractivity contribution in [2.75, 3.05) is 5.32 Å². The number of nitrogens with one attached hydrogen (secondary N) is 1. The Morgan fingerprint density at radius 2 is 1.90 bits per heavy atom. The molecule has 2 aromatic rings. The molecule has 0 bridgehead atoms. The van der Waals surface area contributed by atoms with Gasteiger partial charge in [-0.05, 0) is 24.6 Å². The van der Waals surface area contributed by atoms with E-state index >= 15 is 0 Å². The molecule has 104 valence electrons. The molecular formula is C15H14F2N2O. The van der Waals surface area contributed by atoms with Gasteiger partial charge in [0.2, 0.25) is 5.91 Å². The topological polar surface area (TPSA) is 55.1 Å². The van der Waals surface area contributed by atoms with Crippen LogP contribution in [0.1, 0.15) is 17.2 Å². The number of carbonyl (C=O) groups is 1. The summed E-state index contributed by atoms with van der Waals surface area (Å²) in [7, 11) is 0. The van der Waals surface area contributed by atoms with E-state index in [-0.39, 0.29) is 5.56 Å². The number of hydrogen-bond acceptors (Lipinski definition) is 2. The number of benzene rings is 2. The summed E-state index contributed by atoms with van der Waals surface area (Å²) < 4.78 is 26.7. The zero-order valence-electron chi connectivity index (χ0n) is 10.9. The summed E-state index contributed by atoms with van der Waals surface area (Å²) in [4.78, 5) is 11.6. The summed E-state index contributed by atoms with van der Waals surface area (Å²) in [5.74, 6) is -2.25. The highest BCUT2D eigenvalue weighted by Crippen LogP contribution is 2.24. The molecule has 0 saturated heterocycles. The van der Waals surface area contributed by atoms with Gasteiger partial charge in [0.25, 0.3) is 0 Å². The molecule has 2 aromatic carbocycles. The van der Waals surface area contributed by atoms with Crippen molar-refractivity contribution in [1.82, 2.24) is 0 Å². The molecule has 1 atom stereocenters. The fourth-order valence-electron chi connectivity index (χ4n) is 1.93. The highest BCUT2D eigenvalue weighted by atomic mass is 19.1. The minimum absolute atomic E-state index is 0.0159. The van der Waals surface area contributed by atoms with Crippen molar-refractivity contribution in [3.8, 4) is 0 Å². The summed E-state index contributed by atoms with van der Waals surface area (Å²) >= 11 is 0. The van der Waals surface area contributed by atoms with Crippen LogP contribution in [0.3, 0.4) is 0 Å². The lowest BCUT2D eigenvalue weighted by molar-refractivity contribution is -0.118. The molecule has 0 aromatic heterocycles. The molecule has 3 nitrogen and oxygen atoms in total. The van der Waals surface area contributed by atoms with E-state index in [4.69, 9.17) is 5.73 Å². The lowest BCUT2D eigenvalue weighted by Gasteiger charge is -2.19. The second-order valence-corrected chi connectivity index (χ2v) is 4.46.